The summed E-state index contributed by atoms with van der Waals surface area (Å²) in [6.45, 7) is 0.264. The number of amides is 2. The second-order valence-corrected chi connectivity index (χ2v) is 5.24. The molecule has 0 heterocycles. The zero-order chi connectivity index (χ0) is 14.4. The molecule has 1 aromatic carbocycles. The minimum Gasteiger partial charge on any atom is -0.376 e. The van der Waals surface area contributed by atoms with Crippen LogP contribution in [0, 0.1) is 5.92 Å². The number of benzene rings is 1. The number of nitrogens with one attached hydrogen (secondary N) is 2. The van der Waals surface area contributed by atoms with Crippen molar-refractivity contribution < 1.29 is 9.59 Å². The Balaban J connectivity index is 1.69. The zero-order valence-electron chi connectivity index (χ0n) is 11.5. The number of rotatable bonds is 5. The SMILES string of the molecule is NC(=O)C1CCC(NC(=O)CNc2ccccc2)CC1. The van der Waals surface area contributed by atoms with E-state index in [4.69, 9.17) is 5.73 Å². The average Bonchev–Trinajstić information content (AvgIpc) is 2.47. The van der Waals surface area contributed by atoms with Gasteiger partial charge >= 0.3 is 0 Å². The van der Waals surface area contributed by atoms with E-state index >= 15 is 0 Å². The van der Waals surface area contributed by atoms with Crippen LogP contribution in [0.2, 0.25) is 0 Å². The number of nitrogens with two attached hydrogens (primary N) is 1. The van der Waals surface area contributed by atoms with Crippen LogP contribution in [-0.2, 0) is 9.59 Å². The molecule has 1 aliphatic rings. The van der Waals surface area contributed by atoms with Crippen LogP contribution >= 0.6 is 0 Å². The highest BCUT2D eigenvalue weighted by atomic mass is 16.2. The maximum Gasteiger partial charge on any atom is 0.239 e. The highest BCUT2D eigenvalue weighted by molar-refractivity contribution is 5.81. The van der Waals surface area contributed by atoms with Crippen LogP contribution in [0.3, 0.4) is 0 Å². The monoisotopic (exact) mass is 275 g/mol. The van der Waals surface area contributed by atoms with Crippen molar-refractivity contribution in [2.45, 2.75) is 31.7 Å². The van der Waals surface area contributed by atoms with Gasteiger partial charge in [0.15, 0.2) is 0 Å². The second-order valence-electron chi connectivity index (χ2n) is 5.24. The van der Waals surface area contributed by atoms with E-state index in [1.54, 1.807) is 0 Å². The van der Waals surface area contributed by atoms with E-state index < -0.39 is 0 Å². The Bertz CT molecular complexity index is 453. The maximum absolute atomic E-state index is 11.8. The molecular formula is C15H21N3O2. The Morgan fingerprint density at radius 2 is 1.75 bits per heavy atom. The first-order chi connectivity index (χ1) is 9.65. The third-order valence-electron chi connectivity index (χ3n) is 3.72. The van der Waals surface area contributed by atoms with Gasteiger partial charge in [-0.3, -0.25) is 9.59 Å². The highest BCUT2D eigenvalue weighted by Gasteiger charge is 2.25. The van der Waals surface area contributed by atoms with Gasteiger partial charge in [-0.05, 0) is 37.8 Å². The lowest BCUT2D eigenvalue weighted by Gasteiger charge is -2.27. The van der Waals surface area contributed by atoms with Gasteiger partial charge in [0.2, 0.25) is 11.8 Å². The van der Waals surface area contributed by atoms with Gasteiger partial charge in [-0.2, -0.15) is 0 Å². The molecule has 0 atom stereocenters. The molecule has 4 N–H and O–H groups in total. The van der Waals surface area contributed by atoms with E-state index in [1.807, 2.05) is 30.3 Å². The Hall–Kier alpha value is -2.04. The van der Waals surface area contributed by atoms with Gasteiger partial charge in [0, 0.05) is 17.6 Å². The van der Waals surface area contributed by atoms with E-state index in [9.17, 15) is 9.59 Å². The van der Waals surface area contributed by atoms with Gasteiger partial charge in [-0.1, -0.05) is 18.2 Å². The molecule has 0 unspecified atom stereocenters. The van der Waals surface area contributed by atoms with Crippen LogP contribution in [0.15, 0.2) is 30.3 Å². The minimum atomic E-state index is -0.222. The fraction of sp³-hybridized carbons (Fsp3) is 0.467. The third kappa shape index (κ3) is 4.26. The van der Waals surface area contributed by atoms with Gasteiger partial charge in [0.05, 0.1) is 6.54 Å². The van der Waals surface area contributed by atoms with Gasteiger partial charge < -0.3 is 16.4 Å². The summed E-state index contributed by atoms with van der Waals surface area (Å²) in [6.07, 6.45) is 3.19. The predicted molar refractivity (Wildman–Crippen MR) is 78.0 cm³/mol. The van der Waals surface area contributed by atoms with Gasteiger partial charge in [0.1, 0.15) is 0 Å². The summed E-state index contributed by atoms with van der Waals surface area (Å²) in [6, 6.07) is 9.78. The number of para-hydroxylation sites is 1. The lowest BCUT2D eigenvalue weighted by Crippen LogP contribution is -2.41. The van der Waals surface area contributed by atoms with E-state index in [2.05, 4.69) is 10.6 Å². The first-order valence-corrected chi connectivity index (χ1v) is 7.03. The standard InChI is InChI=1S/C15H21N3O2/c16-15(20)11-6-8-13(9-7-11)18-14(19)10-17-12-4-2-1-3-5-12/h1-5,11,13,17H,6-10H2,(H2,16,20)(H,18,19). The molecular weight excluding hydrogens is 254 g/mol. The van der Waals surface area contributed by atoms with Gasteiger partial charge in [0.25, 0.3) is 0 Å². The quantitative estimate of drug-likeness (QED) is 0.756. The van der Waals surface area contributed by atoms with Crippen LogP contribution in [0.1, 0.15) is 25.7 Å². The summed E-state index contributed by atoms with van der Waals surface area (Å²) in [7, 11) is 0. The van der Waals surface area contributed by atoms with Crippen molar-refractivity contribution >= 4 is 17.5 Å². The number of hydrogen-bond donors (Lipinski definition) is 3. The Labute approximate surface area is 118 Å². The summed E-state index contributed by atoms with van der Waals surface area (Å²) >= 11 is 0. The van der Waals surface area contributed by atoms with E-state index in [0.29, 0.717) is 0 Å². The van der Waals surface area contributed by atoms with Crippen LogP contribution in [0.5, 0.6) is 0 Å². The molecule has 5 nitrogen and oxygen atoms in total. The van der Waals surface area contributed by atoms with Crippen molar-refractivity contribution in [3.05, 3.63) is 30.3 Å². The Kier molecular flexibility index (Phi) is 4.98. The number of hydrogen-bond acceptors (Lipinski definition) is 3. The predicted octanol–water partition coefficient (Wildman–Crippen LogP) is 1.26. The number of primary amides is 1. The topological polar surface area (TPSA) is 84.2 Å². The van der Waals surface area contributed by atoms with Crippen LogP contribution in [0.4, 0.5) is 5.69 Å². The summed E-state index contributed by atoms with van der Waals surface area (Å²) in [5.41, 5.74) is 6.22. The van der Waals surface area contributed by atoms with Crippen molar-refractivity contribution in [1.82, 2.24) is 5.32 Å². The largest absolute Gasteiger partial charge is 0.376 e. The van der Waals surface area contributed by atoms with Gasteiger partial charge in [-0.25, -0.2) is 0 Å². The molecule has 0 saturated heterocycles. The second kappa shape index (κ2) is 6.93. The van der Waals surface area contributed by atoms with Crippen molar-refractivity contribution in [3.8, 4) is 0 Å². The molecule has 1 aliphatic carbocycles. The Morgan fingerprint density at radius 1 is 1.10 bits per heavy atom. The zero-order valence-corrected chi connectivity index (χ0v) is 11.5. The molecule has 0 spiro atoms. The van der Waals surface area contributed by atoms with Gasteiger partial charge in [-0.15, -0.1) is 0 Å². The minimum absolute atomic E-state index is 0.0172. The fourth-order valence-corrected chi connectivity index (χ4v) is 2.54. The number of anilines is 1. The molecule has 1 saturated carbocycles. The van der Waals surface area contributed by atoms with E-state index in [-0.39, 0.29) is 30.3 Å². The summed E-state index contributed by atoms with van der Waals surface area (Å²) in [4.78, 5) is 22.9. The maximum atomic E-state index is 11.8. The molecule has 2 amide bonds. The van der Waals surface area contributed by atoms with E-state index in [0.717, 1.165) is 31.4 Å². The third-order valence-corrected chi connectivity index (χ3v) is 3.72. The van der Waals surface area contributed by atoms with Crippen LogP contribution in [-0.4, -0.2) is 24.4 Å². The van der Waals surface area contributed by atoms with Crippen LogP contribution in [0.25, 0.3) is 0 Å². The lowest BCUT2D eigenvalue weighted by atomic mass is 9.85. The average molecular weight is 275 g/mol. The highest BCUT2D eigenvalue weighted by Crippen LogP contribution is 2.23. The smallest absolute Gasteiger partial charge is 0.239 e. The number of carbonyl (C=O) groups excluding carboxylic acids is 2. The molecule has 1 fully saturated rings. The van der Waals surface area contributed by atoms with Crippen molar-refractivity contribution in [1.29, 1.82) is 0 Å². The molecule has 0 radical (unpaired) electrons. The molecule has 5 heteroatoms. The first-order valence-electron chi connectivity index (χ1n) is 7.03. The number of carbonyl (C=O) groups is 2. The molecule has 20 heavy (non-hydrogen) atoms. The molecule has 2 rings (SSSR count). The summed E-state index contributed by atoms with van der Waals surface area (Å²) in [5, 5.41) is 6.07. The normalized spacial score (nSPS) is 22.0. The van der Waals surface area contributed by atoms with E-state index in [1.165, 1.54) is 0 Å². The molecule has 0 aromatic heterocycles. The van der Waals surface area contributed by atoms with Crippen LogP contribution < -0.4 is 16.4 Å². The summed E-state index contributed by atoms with van der Waals surface area (Å²) in [5.74, 6) is -0.262. The first kappa shape index (κ1) is 14.4. The fourth-order valence-electron chi connectivity index (χ4n) is 2.54. The van der Waals surface area contributed by atoms with Crippen molar-refractivity contribution in [2.75, 3.05) is 11.9 Å². The molecule has 108 valence electrons. The van der Waals surface area contributed by atoms with Crippen molar-refractivity contribution in [2.24, 2.45) is 11.7 Å². The summed E-state index contributed by atoms with van der Waals surface area (Å²) < 4.78 is 0. The van der Waals surface area contributed by atoms with Crippen molar-refractivity contribution in [3.63, 3.8) is 0 Å². The lowest BCUT2D eigenvalue weighted by molar-refractivity contribution is -0.123. The Morgan fingerprint density at radius 3 is 2.35 bits per heavy atom. The molecule has 0 bridgehead atoms. The molecule has 1 aromatic rings. The molecule has 0 aliphatic heterocycles.